The first-order valence-corrected chi connectivity index (χ1v) is 12.5. The highest BCUT2D eigenvalue weighted by Gasteiger charge is 2.28. The molecule has 0 bridgehead atoms. The highest BCUT2D eigenvalue weighted by atomic mass is 32.2. The second kappa shape index (κ2) is 10.5. The van der Waals surface area contributed by atoms with Crippen LogP contribution in [0.1, 0.15) is 46.7 Å². The third-order valence-electron chi connectivity index (χ3n) is 5.96. The van der Waals surface area contributed by atoms with Gasteiger partial charge in [0.1, 0.15) is 16.6 Å². The van der Waals surface area contributed by atoms with Gasteiger partial charge in [-0.2, -0.15) is 0 Å². The van der Waals surface area contributed by atoms with Crippen LogP contribution >= 0.6 is 11.8 Å². The molecule has 0 aliphatic carbocycles. The van der Waals surface area contributed by atoms with E-state index in [9.17, 15) is 18.8 Å². The first kappa shape index (κ1) is 25.3. The Hall–Kier alpha value is -3.78. The number of aryl methyl sites for hydroxylation is 1. The third kappa shape index (κ3) is 4.95. The number of amides is 1. The van der Waals surface area contributed by atoms with Crippen molar-refractivity contribution in [2.45, 2.75) is 38.6 Å². The molecule has 0 unspecified atom stereocenters. The number of benzene rings is 2. The number of aromatic nitrogens is 2. The van der Waals surface area contributed by atoms with Gasteiger partial charge in [0.15, 0.2) is 0 Å². The number of halogens is 1. The van der Waals surface area contributed by atoms with Crippen LogP contribution in [0.15, 0.2) is 59.8 Å². The van der Waals surface area contributed by atoms with Crippen molar-refractivity contribution >= 4 is 34.8 Å². The number of hydrogen-bond donors (Lipinski definition) is 1. The molecular formula is C28H26FN3O3S. The zero-order valence-electron chi connectivity index (χ0n) is 20.3. The normalized spacial score (nSPS) is 11.1. The molecule has 0 radical (unpaired) electrons. The monoisotopic (exact) mass is 503 g/mol. The SMILES string of the molecule is CCc1c(C(=O)C(N)=O)c2c(SCC(C)=O)nc(C)cn2c1Cc1ccccc1-c1ccc(F)cc1. The summed E-state index contributed by atoms with van der Waals surface area (Å²) in [5, 5.41) is 0.502. The van der Waals surface area contributed by atoms with Crippen LogP contribution in [0.4, 0.5) is 4.39 Å². The van der Waals surface area contributed by atoms with Gasteiger partial charge in [-0.05, 0) is 54.7 Å². The van der Waals surface area contributed by atoms with Crippen molar-refractivity contribution in [1.82, 2.24) is 9.38 Å². The maximum absolute atomic E-state index is 13.6. The summed E-state index contributed by atoms with van der Waals surface area (Å²) in [5.41, 5.74) is 11.2. The molecule has 4 aromatic rings. The van der Waals surface area contributed by atoms with E-state index >= 15 is 0 Å². The fourth-order valence-electron chi connectivity index (χ4n) is 4.45. The first-order chi connectivity index (χ1) is 17.2. The van der Waals surface area contributed by atoms with Crippen molar-refractivity contribution in [1.29, 1.82) is 0 Å². The van der Waals surface area contributed by atoms with E-state index in [0.29, 0.717) is 34.6 Å². The Labute approximate surface area is 212 Å². The lowest BCUT2D eigenvalue weighted by molar-refractivity contribution is -0.115. The van der Waals surface area contributed by atoms with Crippen LogP contribution in [-0.2, 0) is 22.4 Å². The summed E-state index contributed by atoms with van der Waals surface area (Å²) in [6.45, 7) is 5.25. The third-order valence-corrected chi connectivity index (χ3v) is 7.07. The van der Waals surface area contributed by atoms with Crippen molar-refractivity contribution in [3.8, 4) is 11.1 Å². The number of hydrogen-bond acceptors (Lipinski definition) is 5. The zero-order valence-corrected chi connectivity index (χ0v) is 21.1. The highest BCUT2D eigenvalue weighted by molar-refractivity contribution is 8.00. The molecule has 0 saturated heterocycles. The zero-order chi connectivity index (χ0) is 26.0. The Morgan fingerprint density at radius 2 is 1.78 bits per heavy atom. The van der Waals surface area contributed by atoms with Gasteiger partial charge in [0, 0.05) is 18.3 Å². The number of carbonyl (C=O) groups is 3. The minimum Gasteiger partial charge on any atom is -0.363 e. The molecule has 4 rings (SSSR count). The maximum Gasteiger partial charge on any atom is 0.289 e. The summed E-state index contributed by atoms with van der Waals surface area (Å²) < 4.78 is 15.5. The van der Waals surface area contributed by atoms with E-state index in [1.807, 2.05) is 48.7 Å². The van der Waals surface area contributed by atoms with Crippen LogP contribution in [0.25, 0.3) is 16.6 Å². The lowest BCUT2D eigenvalue weighted by Crippen LogP contribution is -2.24. The van der Waals surface area contributed by atoms with Crippen LogP contribution < -0.4 is 5.73 Å². The van der Waals surface area contributed by atoms with Gasteiger partial charge in [0.2, 0.25) is 0 Å². The molecule has 0 fully saturated rings. The van der Waals surface area contributed by atoms with Crippen LogP contribution in [0.3, 0.4) is 0 Å². The van der Waals surface area contributed by atoms with Crippen molar-refractivity contribution in [2.75, 3.05) is 5.75 Å². The molecule has 0 saturated carbocycles. The number of primary amides is 1. The fraction of sp³-hybridized carbons (Fsp3) is 0.214. The van der Waals surface area contributed by atoms with E-state index in [-0.39, 0.29) is 22.9 Å². The van der Waals surface area contributed by atoms with Crippen molar-refractivity contribution in [3.63, 3.8) is 0 Å². The lowest BCUT2D eigenvalue weighted by atomic mass is 9.94. The van der Waals surface area contributed by atoms with Crippen molar-refractivity contribution in [2.24, 2.45) is 5.73 Å². The smallest absolute Gasteiger partial charge is 0.289 e. The van der Waals surface area contributed by atoms with E-state index in [1.165, 1.54) is 30.8 Å². The second-order valence-corrected chi connectivity index (χ2v) is 9.55. The Balaban J connectivity index is 1.97. The van der Waals surface area contributed by atoms with E-state index in [0.717, 1.165) is 22.4 Å². The average Bonchev–Trinajstić information content (AvgIpc) is 3.15. The summed E-state index contributed by atoms with van der Waals surface area (Å²) >= 11 is 1.23. The van der Waals surface area contributed by atoms with E-state index in [1.54, 1.807) is 12.1 Å². The van der Waals surface area contributed by atoms with E-state index < -0.39 is 11.7 Å². The van der Waals surface area contributed by atoms with Crippen LogP contribution in [0.5, 0.6) is 0 Å². The van der Waals surface area contributed by atoms with Gasteiger partial charge in [-0.1, -0.05) is 55.1 Å². The van der Waals surface area contributed by atoms with Gasteiger partial charge < -0.3 is 10.1 Å². The maximum atomic E-state index is 13.6. The number of nitrogens with zero attached hydrogens (tertiary/aromatic N) is 2. The Morgan fingerprint density at radius 1 is 1.08 bits per heavy atom. The van der Waals surface area contributed by atoms with E-state index in [2.05, 4.69) is 4.98 Å². The molecule has 0 spiro atoms. The largest absolute Gasteiger partial charge is 0.363 e. The molecule has 0 aliphatic heterocycles. The molecule has 36 heavy (non-hydrogen) atoms. The molecule has 2 aromatic carbocycles. The number of ketones is 2. The van der Waals surface area contributed by atoms with Crippen LogP contribution in [0, 0.1) is 12.7 Å². The molecule has 8 heteroatoms. The summed E-state index contributed by atoms with van der Waals surface area (Å²) in [6, 6.07) is 14.1. The number of rotatable bonds is 9. The Morgan fingerprint density at radius 3 is 2.42 bits per heavy atom. The molecule has 0 aliphatic rings. The predicted molar refractivity (Wildman–Crippen MR) is 139 cm³/mol. The van der Waals surface area contributed by atoms with E-state index in [4.69, 9.17) is 5.73 Å². The van der Waals surface area contributed by atoms with Gasteiger partial charge in [0.25, 0.3) is 11.7 Å². The molecule has 2 aromatic heterocycles. The quantitative estimate of drug-likeness (QED) is 0.198. The Bertz CT molecular complexity index is 1490. The standard InChI is InChI=1S/C28H26FN3O3S/c1-4-21-23(13-19-7-5-6-8-22(19)18-9-11-20(29)12-10-18)32-14-16(2)31-28(36-15-17(3)33)25(32)24(21)26(34)27(30)35/h5-12,14H,4,13,15H2,1-3H3,(H2,30,35). The van der Waals surface area contributed by atoms with Gasteiger partial charge >= 0.3 is 0 Å². The lowest BCUT2D eigenvalue weighted by Gasteiger charge is -2.13. The topological polar surface area (TPSA) is 94.5 Å². The Kier molecular flexibility index (Phi) is 7.35. The minimum atomic E-state index is -1.04. The summed E-state index contributed by atoms with van der Waals surface area (Å²) in [7, 11) is 0. The van der Waals surface area contributed by atoms with Crippen molar-refractivity contribution in [3.05, 3.63) is 88.6 Å². The average molecular weight is 504 g/mol. The molecule has 2 heterocycles. The molecule has 1 amide bonds. The number of Topliss-reactive ketones (excluding diaryl/α,β-unsaturated/α-hetero) is 2. The second-order valence-electron chi connectivity index (χ2n) is 8.58. The van der Waals surface area contributed by atoms with Gasteiger partial charge in [-0.15, -0.1) is 0 Å². The molecule has 184 valence electrons. The number of carbonyl (C=O) groups excluding carboxylic acids is 3. The fourth-order valence-corrected chi connectivity index (χ4v) is 5.33. The summed E-state index contributed by atoms with van der Waals surface area (Å²) in [5.74, 6) is -1.97. The molecule has 2 N–H and O–H groups in total. The number of nitrogens with two attached hydrogens (primary N) is 1. The molecular weight excluding hydrogens is 477 g/mol. The summed E-state index contributed by atoms with van der Waals surface area (Å²) in [4.78, 5) is 41.4. The van der Waals surface area contributed by atoms with Gasteiger partial charge in [-0.3, -0.25) is 14.4 Å². The number of thioether (sulfide) groups is 1. The number of fused-ring (bicyclic) bond motifs is 1. The van der Waals surface area contributed by atoms with Gasteiger partial charge in [-0.25, -0.2) is 9.37 Å². The summed E-state index contributed by atoms with van der Waals surface area (Å²) in [6.07, 6.45) is 2.77. The van der Waals surface area contributed by atoms with Crippen LogP contribution in [-0.4, -0.2) is 32.6 Å². The predicted octanol–water partition coefficient (Wildman–Crippen LogP) is 4.95. The molecule has 6 nitrogen and oxygen atoms in total. The van der Waals surface area contributed by atoms with Crippen molar-refractivity contribution < 1.29 is 18.8 Å². The van der Waals surface area contributed by atoms with Gasteiger partial charge in [0.05, 0.1) is 22.5 Å². The van der Waals surface area contributed by atoms with Crippen LogP contribution in [0.2, 0.25) is 0 Å². The molecule has 0 atom stereocenters. The minimum absolute atomic E-state index is 0.0278. The first-order valence-electron chi connectivity index (χ1n) is 11.5. The highest BCUT2D eigenvalue weighted by Crippen LogP contribution is 2.35.